The van der Waals surface area contributed by atoms with Crippen molar-refractivity contribution in [2.24, 2.45) is 5.10 Å². The highest BCUT2D eigenvalue weighted by Gasteiger charge is 2.30. The van der Waals surface area contributed by atoms with Gasteiger partial charge in [-0.3, -0.25) is 9.59 Å². The fourth-order valence-electron chi connectivity index (χ4n) is 2.91. The van der Waals surface area contributed by atoms with Crippen LogP contribution in [0.15, 0.2) is 71.8 Å². The van der Waals surface area contributed by atoms with Gasteiger partial charge in [0.2, 0.25) is 5.91 Å². The predicted octanol–water partition coefficient (Wildman–Crippen LogP) is 4.76. The lowest BCUT2D eigenvalue weighted by atomic mass is 10.1. The van der Waals surface area contributed by atoms with Crippen molar-refractivity contribution in [3.8, 4) is 5.75 Å². The second-order valence-corrected chi connectivity index (χ2v) is 6.95. The van der Waals surface area contributed by atoms with Gasteiger partial charge in [0.1, 0.15) is 5.75 Å². The Morgan fingerprint density at radius 2 is 1.69 bits per heavy atom. The van der Waals surface area contributed by atoms with E-state index in [0.717, 1.165) is 22.9 Å². The molecular weight excluding hydrogens is 423 g/mol. The first-order valence-corrected chi connectivity index (χ1v) is 9.62. The number of amides is 2. The molecule has 0 saturated carbocycles. The second-order valence-electron chi connectivity index (χ2n) is 6.95. The molecule has 0 aliphatic heterocycles. The monoisotopic (exact) mass is 443 g/mol. The van der Waals surface area contributed by atoms with Crippen molar-refractivity contribution in [2.75, 3.05) is 11.9 Å². The number of carbonyl (C=O) groups is 2. The van der Waals surface area contributed by atoms with Gasteiger partial charge in [-0.05, 0) is 36.6 Å². The first kappa shape index (κ1) is 22.8. The zero-order valence-electron chi connectivity index (χ0n) is 17.1. The number of nitrogens with one attached hydrogen (secondary N) is 2. The molecule has 3 aromatic carbocycles. The molecule has 0 fully saturated rings. The van der Waals surface area contributed by atoms with Gasteiger partial charge >= 0.3 is 6.18 Å². The van der Waals surface area contributed by atoms with Crippen LogP contribution >= 0.6 is 0 Å². The third-order valence-corrected chi connectivity index (χ3v) is 4.37. The van der Waals surface area contributed by atoms with Crippen LogP contribution in [0, 0.1) is 0 Å². The van der Waals surface area contributed by atoms with Crippen LogP contribution in [-0.2, 0) is 15.8 Å². The predicted molar refractivity (Wildman–Crippen MR) is 115 cm³/mol. The molecule has 0 unspecified atom stereocenters. The summed E-state index contributed by atoms with van der Waals surface area (Å²) in [6, 6.07) is 17.4. The zero-order chi connectivity index (χ0) is 23.1. The van der Waals surface area contributed by atoms with Gasteiger partial charge in [0.15, 0.2) is 6.61 Å². The van der Waals surface area contributed by atoms with Gasteiger partial charge in [-0.2, -0.15) is 18.3 Å². The lowest BCUT2D eigenvalue weighted by molar-refractivity contribution is -0.137. The second kappa shape index (κ2) is 9.95. The summed E-state index contributed by atoms with van der Waals surface area (Å²) in [5, 5.41) is 8.06. The Labute approximate surface area is 182 Å². The maximum absolute atomic E-state index is 12.8. The van der Waals surface area contributed by atoms with Crippen molar-refractivity contribution in [3.63, 3.8) is 0 Å². The third-order valence-electron chi connectivity index (χ3n) is 4.37. The molecule has 3 rings (SSSR count). The molecule has 0 bridgehead atoms. The van der Waals surface area contributed by atoms with Crippen LogP contribution < -0.4 is 15.5 Å². The van der Waals surface area contributed by atoms with Gasteiger partial charge < -0.3 is 10.1 Å². The fraction of sp³-hybridized carbons (Fsp3) is 0.174. The van der Waals surface area contributed by atoms with E-state index in [-0.39, 0.29) is 24.4 Å². The minimum atomic E-state index is -4.50. The molecule has 2 amide bonds. The average molecular weight is 443 g/mol. The summed E-state index contributed by atoms with van der Waals surface area (Å²) in [5.74, 6) is -0.526. The molecule has 0 aliphatic rings. The summed E-state index contributed by atoms with van der Waals surface area (Å²) in [4.78, 5) is 24.1. The molecule has 3 aromatic rings. The minimum absolute atomic E-state index is 0.0187. The van der Waals surface area contributed by atoms with Crippen molar-refractivity contribution in [3.05, 3.63) is 72.3 Å². The molecule has 32 heavy (non-hydrogen) atoms. The molecule has 0 spiro atoms. The van der Waals surface area contributed by atoms with Crippen molar-refractivity contribution in [1.29, 1.82) is 0 Å². The quantitative estimate of drug-likeness (QED) is 0.408. The van der Waals surface area contributed by atoms with Crippen LogP contribution in [0.2, 0.25) is 0 Å². The SMILES string of the molecule is CC(CC(=O)Nc1cccc(C(F)(F)F)c1)=NNC(=O)COc1cccc2ccccc12. The van der Waals surface area contributed by atoms with E-state index in [1.807, 2.05) is 36.4 Å². The van der Waals surface area contributed by atoms with Gasteiger partial charge in [-0.15, -0.1) is 0 Å². The van der Waals surface area contributed by atoms with E-state index in [1.165, 1.54) is 19.1 Å². The number of rotatable bonds is 7. The molecule has 0 saturated heterocycles. The van der Waals surface area contributed by atoms with E-state index in [0.29, 0.717) is 5.75 Å². The standard InChI is InChI=1S/C23H20F3N3O3/c1-15(12-21(30)27-18-9-5-8-17(13-18)23(24,25)26)28-29-22(31)14-32-20-11-4-7-16-6-2-3-10-19(16)20/h2-11,13H,12,14H2,1H3,(H,27,30)(H,29,31). The Bertz CT molecular complexity index is 1150. The van der Waals surface area contributed by atoms with Gasteiger partial charge in [-0.1, -0.05) is 42.5 Å². The lowest BCUT2D eigenvalue weighted by Crippen LogP contribution is -2.26. The minimum Gasteiger partial charge on any atom is -0.483 e. The van der Waals surface area contributed by atoms with Crippen LogP contribution in [0.5, 0.6) is 5.75 Å². The summed E-state index contributed by atoms with van der Waals surface area (Å²) < 4.78 is 43.8. The Hall–Kier alpha value is -3.88. The molecular formula is C23H20F3N3O3. The van der Waals surface area contributed by atoms with Crippen molar-refractivity contribution in [2.45, 2.75) is 19.5 Å². The molecule has 0 radical (unpaired) electrons. The summed E-state index contributed by atoms with van der Waals surface area (Å²) in [6.07, 6.45) is -4.71. The highest BCUT2D eigenvalue weighted by Crippen LogP contribution is 2.30. The molecule has 2 N–H and O–H groups in total. The van der Waals surface area contributed by atoms with Crippen molar-refractivity contribution >= 4 is 34.0 Å². The van der Waals surface area contributed by atoms with Gasteiger partial charge in [0.25, 0.3) is 5.91 Å². The maximum atomic E-state index is 12.8. The summed E-state index contributed by atoms with van der Waals surface area (Å²) in [6.45, 7) is 1.23. The average Bonchev–Trinajstić information content (AvgIpc) is 2.75. The number of ether oxygens (including phenoxy) is 1. The smallest absolute Gasteiger partial charge is 0.416 e. The highest BCUT2D eigenvalue weighted by atomic mass is 19.4. The number of alkyl halides is 3. The number of nitrogens with zero attached hydrogens (tertiary/aromatic N) is 1. The molecule has 9 heteroatoms. The van der Waals surface area contributed by atoms with Crippen LogP contribution in [0.4, 0.5) is 18.9 Å². The van der Waals surface area contributed by atoms with Crippen LogP contribution in [0.1, 0.15) is 18.9 Å². The Morgan fingerprint density at radius 3 is 2.47 bits per heavy atom. The summed E-state index contributed by atoms with van der Waals surface area (Å²) >= 11 is 0. The Balaban J connectivity index is 1.50. The number of hydrogen-bond donors (Lipinski definition) is 2. The van der Waals surface area contributed by atoms with Gasteiger partial charge in [0.05, 0.1) is 12.0 Å². The zero-order valence-corrected chi connectivity index (χ0v) is 17.1. The fourth-order valence-corrected chi connectivity index (χ4v) is 2.91. The van der Waals surface area contributed by atoms with Crippen LogP contribution in [0.3, 0.4) is 0 Å². The first-order valence-electron chi connectivity index (χ1n) is 9.62. The molecule has 0 aromatic heterocycles. The number of halogens is 3. The number of anilines is 1. The van der Waals surface area contributed by atoms with E-state index in [1.54, 1.807) is 6.07 Å². The van der Waals surface area contributed by atoms with Crippen LogP contribution in [0.25, 0.3) is 10.8 Å². The van der Waals surface area contributed by atoms with Crippen LogP contribution in [-0.4, -0.2) is 24.1 Å². The number of hydrazone groups is 1. The number of hydrogen-bond acceptors (Lipinski definition) is 4. The molecule has 166 valence electrons. The Morgan fingerprint density at radius 1 is 0.969 bits per heavy atom. The largest absolute Gasteiger partial charge is 0.483 e. The number of carbonyl (C=O) groups excluding carboxylic acids is 2. The summed E-state index contributed by atoms with van der Waals surface area (Å²) in [7, 11) is 0. The third kappa shape index (κ3) is 6.31. The van der Waals surface area contributed by atoms with Gasteiger partial charge in [-0.25, -0.2) is 5.43 Å². The molecule has 0 aliphatic carbocycles. The Kier molecular flexibility index (Phi) is 7.09. The van der Waals surface area contributed by atoms with Crippen molar-refractivity contribution < 1.29 is 27.5 Å². The normalized spacial score (nSPS) is 11.8. The number of fused-ring (bicyclic) bond motifs is 1. The van der Waals surface area contributed by atoms with E-state index in [2.05, 4.69) is 15.8 Å². The summed E-state index contributed by atoms with van der Waals surface area (Å²) in [5.41, 5.74) is 1.72. The van der Waals surface area contributed by atoms with E-state index >= 15 is 0 Å². The van der Waals surface area contributed by atoms with E-state index in [9.17, 15) is 22.8 Å². The van der Waals surface area contributed by atoms with Gasteiger partial charge in [0, 0.05) is 16.8 Å². The molecule has 0 heterocycles. The topological polar surface area (TPSA) is 79.8 Å². The number of benzene rings is 3. The molecule has 6 nitrogen and oxygen atoms in total. The highest BCUT2D eigenvalue weighted by molar-refractivity contribution is 6.05. The lowest BCUT2D eigenvalue weighted by Gasteiger charge is -2.10. The molecule has 0 atom stereocenters. The van der Waals surface area contributed by atoms with E-state index < -0.39 is 23.6 Å². The maximum Gasteiger partial charge on any atom is 0.416 e. The first-order chi connectivity index (χ1) is 15.2. The van der Waals surface area contributed by atoms with E-state index in [4.69, 9.17) is 4.74 Å². The van der Waals surface area contributed by atoms with Crippen molar-refractivity contribution in [1.82, 2.24) is 5.43 Å².